The molecule has 21 heavy (non-hydrogen) atoms. The smallest absolute Gasteiger partial charge is 0.232 e. The lowest BCUT2D eigenvalue weighted by atomic mass is 10.2. The quantitative estimate of drug-likeness (QED) is 0.711. The van der Waals surface area contributed by atoms with Crippen molar-refractivity contribution >= 4 is 16.7 Å². The number of carbonyl (C=O) groups is 1. The fourth-order valence-corrected chi connectivity index (χ4v) is 2.90. The SMILES string of the molecule is Cc1cccc(C[S@@](=O)CC(=O)NCCCOC(C)C)c1. The van der Waals surface area contributed by atoms with Gasteiger partial charge in [0.2, 0.25) is 5.91 Å². The van der Waals surface area contributed by atoms with Gasteiger partial charge in [-0.15, -0.1) is 0 Å². The minimum atomic E-state index is -1.17. The van der Waals surface area contributed by atoms with Crippen molar-refractivity contribution in [3.8, 4) is 0 Å². The maximum atomic E-state index is 11.9. The largest absolute Gasteiger partial charge is 0.379 e. The van der Waals surface area contributed by atoms with E-state index >= 15 is 0 Å². The van der Waals surface area contributed by atoms with Crippen LogP contribution in [0.1, 0.15) is 31.4 Å². The van der Waals surface area contributed by atoms with E-state index in [1.54, 1.807) is 0 Å². The first kappa shape index (κ1) is 17.9. The van der Waals surface area contributed by atoms with Crippen LogP contribution < -0.4 is 5.32 Å². The highest BCUT2D eigenvalue weighted by Gasteiger charge is 2.08. The summed E-state index contributed by atoms with van der Waals surface area (Å²) in [6.45, 7) is 7.15. The molecule has 1 rings (SSSR count). The van der Waals surface area contributed by atoms with Crippen LogP contribution in [0.15, 0.2) is 24.3 Å². The first-order valence-corrected chi connectivity index (χ1v) is 8.75. The van der Waals surface area contributed by atoms with Gasteiger partial charge >= 0.3 is 0 Å². The van der Waals surface area contributed by atoms with Crippen LogP contribution in [0.4, 0.5) is 0 Å². The zero-order valence-electron chi connectivity index (χ0n) is 13.1. The van der Waals surface area contributed by atoms with Gasteiger partial charge in [-0.2, -0.15) is 0 Å². The van der Waals surface area contributed by atoms with Crippen molar-refractivity contribution < 1.29 is 13.7 Å². The molecule has 1 aromatic rings. The van der Waals surface area contributed by atoms with Crippen molar-refractivity contribution in [3.63, 3.8) is 0 Å². The number of carbonyl (C=O) groups excluding carboxylic acids is 1. The molecule has 1 aromatic carbocycles. The third-order valence-corrected chi connectivity index (χ3v) is 4.04. The number of aryl methyl sites for hydroxylation is 1. The maximum absolute atomic E-state index is 11.9. The molecule has 0 saturated heterocycles. The summed E-state index contributed by atoms with van der Waals surface area (Å²) in [4.78, 5) is 11.7. The van der Waals surface area contributed by atoms with Crippen molar-refractivity contribution in [2.45, 2.75) is 39.0 Å². The van der Waals surface area contributed by atoms with Gasteiger partial charge in [0.15, 0.2) is 0 Å². The van der Waals surface area contributed by atoms with Gasteiger partial charge in [-0.25, -0.2) is 0 Å². The monoisotopic (exact) mass is 311 g/mol. The van der Waals surface area contributed by atoms with Gasteiger partial charge in [0.25, 0.3) is 0 Å². The highest BCUT2D eigenvalue weighted by atomic mass is 32.2. The second kappa shape index (κ2) is 9.68. The summed E-state index contributed by atoms with van der Waals surface area (Å²) in [6, 6.07) is 7.88. The lowest BCUT2D eigenvalue weighted by Gasteiger charge is -2.08. The Hall–Kier alpha value is -1.20. The summed E-state index contributed by atoms with van der Waals surface area (Å²) in [6.07, 6.45) is 0.983. The van der Waals surface area contributed by atoms with Gasteiger partial charge in [-0.05, 0) is 32.8 Å². The van der Waals surface area contributed by atoms with E-state index in [1.807, 2.05) is 45.0 Å². The second-order valence-corrected chi connectivity index (χ2v) is 6.80. The van der Waals surface area contributed by atoms with E-state index in [4.69, 9.17) is 4.74 Å². The fraction of sp³-hybridized carbons (Fsp3) is 0.562. The van der Waals surface area contributed by atoms with Crippen molar-refractivity contribution in [2.75, 3.05) is 18.9 Å². The summed E-state index contributed by atoms with van der Waals surface area (Å²) in [5.41, 5.74) is 2.14. The molecule has 0 fully saturated rings. The Labute approximate surface area is 129 Å². The predicted molar refractivity (Wildman–Crippen MR) is 86.6 cm³/mol. The molecule has 0 radical (unpaired) electrons. The summed E-state index contributed by atoms with van der Waals surface area (Å²) in [5.74, 6) is 0.315. The molecule has 5 heteroatoms. The summed E-state index contributed by atoms with van der Waals surface area (Å²) in [5, 5.41) is 2.77. The molecule has 0 aliphatic heterocycles. The van der Waals surface area contributed by atoms with Crippen molar-refractivity contribution in [1.29, 1.82) is 0 Å². The normalized spacial score (nSPS) is 12.4. The third-order valence-electron chi connectivity index (χ3n) is 2.80. The summed E-state index contributed by atoms with van der Waals surface area (Å²) >= 11 is 0. The van der Waals surface area contributed by atoms with E-state index in [2.05, 4.69) is 5.32 Å². The number of hydrogen-bond donors (Lipinski definition) is 1. The molecule has 0 unspecified atom stereocenters. The standard InChI is InChI=1S/C16H25NO3S/c1-13(2)20-9-5-8-17-16(18)12-21(19)11-15-7-4-6-14(3)10-15/h4,6-7,10,13H,5,8-9,11-12H2,1-3H3,(H,17,18)/t21-/m1/s1. The topological polar surface area (TPSA) is 55.4 Å². The Morgan fingerprint density at radius 3 is 2.81 bits per heavy atom. The maximum Gasteiger partial charge on any atom is 0.232 e. The van der Waals surface area contributed by atoms with Gasteiger partial charge in [0, 0.05) is 29.7 Å². The molecule has 0 aliphatic carbocycles. The van der Waals surface area contributed by atoms with E-state index < -0.39 is 10.8 Å². The van der Waals surface area contributed by atoms with Gasteiger partial charge in [0.05, 0.1) is 6.10 Å². The molecule has 4 nitrogen and oxygen atoms in total. The number of ether oxygens (including phenoxy) is 1. The molecule has 0 aliphatic rings. The lowest BCUT2D eigenvalue weighted by Crippen LogP contribution is -2.30. The van der Waals surface area contributed by atoms with Gasteiger partial charge in [-0.1, -0.05) is 29.8 Å². The fourth-order valence-electron chi connectivity index (χ4n) is 1.86. The third kappa shape index (κ3) is 8.63. The first-order chi connectivity index (χ1) is 9.97. The lowest BCUT2D eigenvalue weighted by molar-refractivity contribution is -0.118. The average molecular weight is 311 g/mol. The molecule has 0 heterocycles. The zero-order chi connectivity index (χ0) is 15.7. The van der Waals surface area contributed by atoms with Crippen LogP contribution in [0, 0.1) is 6.92 Å². The van der Waals surface area contributed by atoms with Crippen LogP contribution in [0.2, 0.25) is 0 Å². The predicted octanol–water partition coefficient (Wildman–Crippen LogP) is 2.18. The molecule has 0 spiro atoms. The molecule has 1 N–H and O–H groups in total. The number of benzene rings is 1. The van der Waals surface area contributed by atoms with Crippen LogP contribution in [0.3, 0.4) is 0 Å². The van der Waals surface area contributed by atoms with E-state index in [1.165, 1.54) is 0 Å². The Kier molecular flexibility index (Phi) is 8.23. The van der Waals surface area contributed by atoms with Gasteiger partial charge in [0.1, 0.15) is 5.75 Å². The van der Waals surface area contributed by atoms with E-state index in [9.17, 15) is 9.00 Å². The molecular formula is C16H25NO3S. The van der Waals surface area contributed by atoms with E-state index in [0.29, 0.717) is 18.9 Å². The summed E-state index contributed by atoms with van der Waals surface area (Å²) in [7, 11) is -1.17. The van der Waals surface area contributed by atoms with Crippen LogP contribution in [0.5, 0.6) is 0 Å². The second-order valence-electron chi connectivity index (χ2n) is 5.34. The summed E-state index contributed by atoms with van der Waals surface area (Å²) < 4.78 is 17.3. The first-order valence-electron chi connectivity index (χ1n) is 7.26. The van der Waals surface area contributed by atoms with Crippen molar-refractivity contribution in [2.24, 2.45) is 0 Å². The van der Waals surface area contributed by atoms with Crippen LogP contribution in [-0.2, 0) is 26.1 Å². The number of rotatable bonds is 9. The molecule has 0 aromatic heterocycles. The van der Waals surface area contributed by atoms with E-state index in [0.717, 1.165) is 17.5 Å². The van der Waals surface area contributed by atoms with Gasteiger partial charge < -0.3 is 10.1 Å². The van der Waals surface area contributed by atoms with Crippen molar-refractivity contribution in [1.82, 2.24) is 5.32 Å². The van der Waals surface area contributed by atoms with Crippen LogP contribution >= 0.6 is 0 Å². The van der Waals surface area contributed by atoms with E-state index in [-0.39, 0.29) is 17.8 Å². The molecule has 1 amide bonds. The highest BCUT2D eigenvalue weighted by molar-refractivity contribution is 7.84. The Morgan fingerprint density at radius 2 is 2.14 bits per heavy atom. The van der Waals surface area contributed by atoms with Crippen LogP contribution in [0.25, 0.3) is 0 Å². The van der Waals surface area contributed by atoms with Gasteiger partial charge in [-0.3, -0.25) is 9.00 Å². The number of nitrogens with one attached hydrogen (secondary N) is 1. The average Bonchev–Trinajstić information content (AvgIpc) is 2.37. The zero-order valence-corrected chi connectivity index (χ0v) is 13.9. The minimum absolute atomic E-state index is 0.0545. The Morgan fingerprint density at radius 1 is 1.38 bits per heavy atom. The number of amides is 1. The molecule has 0 saturated carbocycles. The Balaban J connectivity index is 2.20. The van der Waals surface area contributed by atoms with Crippen molar-refractivity contribution in [3.05, 3.63) is 35.4 Å². The van der Waals surface area contributed by atoms with Crippen LogP contribution in [-0.4, -0.2) is 35.1 Å². The highest BCUT2D eigenvalue weighted by Crippen LogP contribution is 2.06. The molecule has 0 bridgehead atoms. The molecule has 1 atom stereocenters. The Bertz CT molecular complexity index is 474. The molecular weight excluding hydrogens is 286 g/mol. The minimum Gasteiger partial charge on any atom is -0.379 e. The molecule has 118 valence electrons. The number of hydrogen-bond acceptors (Lipinski definition) is 3.